The van der Waals surface area contributed by atoms with Gasteiger partial charge in [0, 0.05) is 17.8 Å². The molecule has 0 atom stereocenters. The van der Waals surface area contributed by atoms with Crippen molar-refractivity contribution in [2.45, 2.75) is 12.7 Å². The number of aromatic nitrogens is 4. The Morgan fingerprint density at radius 2 is 1.97 bits per heavy atom. The zero-order chi connectivity index (χ0) is 22.2. The fraction of sp³-hybridized carbons (Fsp3) is 0.100. The summed E-state index contributed by atoms with van der Waals surface area (Å²) >= 11 is 5.79. The van der Waals surface area contributed by atoms with Crippen molar-refractivity contribution >= 4 is 29.0 Å². The van der Waals surface area contributed by atoms with Gasteiger partial charge in [-0.25, -0.2) is 14.5 Å². The van der Waals surface area contributed by atoms with E-state index in [2.05, 4.69) is 15.3 Å². The summed E-state index contributed by atoms with van der Waals surface area (Å²) in [4.78, 5) is 20.2. The van der Waals surface area contributed by atoms with E-state index in [0.717, 1.165) is 12.1 Å². The largest absolute Gasteiger partial charge is 0.839 e. The van der Waals surface area contributed by atoms with Gasteiger partial charge < -0.3 is 10.4 Å². The number of rotatable bonds is 4. The third-order valence-electron chi connectivity index (χ3n) is 4.43. The van der Waals surface area contributed by atoms with Crippen molar-refractivity contribution in [3.05, 3.63) is 83.0 Å². The molecule has 0 aliphatic rings. The van der Waals surface area contributed by atoms with Crippen molar-refractivity contribution in [1.29, 1.82) is 0 Å². The molecule has 0 aliphatic heterocycles. The lowest BCUT2D eigenvalue weighted by Gasteiger charge is -2.09. The van der Waals surface area contributed by atoms with E-state index in [0.29, 0.717) is 16.4 Å². The highest BCUT2D eigenvalue weighted by Crippen LogP contribution is 2.28. The van der Waals surface area contributed by atoms with Gasteiger partial charge in [-0.1, -0.05) is 29.8 Å². The first kappa shape index (κ1) is 20.6. The van der Waals surface area contributed by atoms with Crippen molar-refractivity contribution in [3.63, 3.8) is 0 Å². The highest BCUT2D eigenvalue weighted by molar-refractivity contribution is 6.29. The molecule has 4 rings (SSSR count). The number of carbonyl (C=O) groups excluding carboxylic acids is 1. The van der Waals surface area contributed by atoms with Crippen LogP contribution in [0.3, 0.4) is 0 Å². The van der Waals surface area contributed by atoms with Crippen LogP contribution in [0.25, 0.3) is 5.65 Å². The number of hydrogen-bond donors (Lipinski definition) is 1. The first-order valence-corrected chi connectivity index (χ1v) is 9.28. The molecule has 4 heterocycles. The quantitative estimate of drug-likeness (QED) is 0.385. The van der Waals surface area contributed by atoms with Crippen LogP contribution in [0.4, 0.5) is 19.0 Å². The standard InChI is InChI=1S/C20H13ClF3N5O2/c21-14-8-7-12(10-25-14)11-29-16-6-1-2-9-28(16)17(19(29)31)18(30)27-15-5-3-4-13(26-15)20(22,23)24/h1-10H,11H2,(H-,26,27,30,31). The van der Waals surface area contributed by atoms with E-state index in [9.17, 15) is 23.1 Å². The summed E-state index contributed by atoms with van der Waals surface area (Å²) in [7, 11) is 0. The Hall–Kier alpha value is -3.66. The molecule has 7 nitrogen and oxygen atoms in total. The van der Waals surface area contributed by atoms with E-state index in [-0.39, 0.29) is 18.1 Å². The van der Waals surface area contributed by atoms with E-state index < -0.39 is 23.7 Å². The van der Waals surface area contributed by atoms with Crippen molar-refractivity contribution in [3.8, 4) is 5.88 Å². The number of nitrogens with one attached hydrogen (secondary N) is 1. The summed E-state index contributed by atoms with van der Waals surface area (Å²) < 4.78 is 41.4. The fourth-order valence-electron chi connectivity index (χ4n) is 3.06. The molecular weight excluding hydrogens is 435 g/mol. The smallest absolute Gasteiger partial charge is 0.433 e. The summed E-state index contributed by atoms with van der Waals surface area (Å²) in [6, 6.07) is 11.4. The SMILES string of the molecule is O=C(Nc1cccc(C(F)(F)F)n1)c1c([O-])[n+](Cc2ccc(Cl)nc2)c2ccccn12. The first-order chi connectivity index (χ1) is 14.7. The number of amides is 1. The molecule has 0 bridgehead atoms. The van der Waals surface area contributed by atoms with Gasteiger partial charge in [-0.2, -0.15) is 17.6 Å². The summed E-state index contributed by atoms with van der Waals surface area (Å²) in [6.07, 6.45) is -1.64. The van der Waals surface area contributed by atoms with Gasteiger partial charge >= 0.3 is 6.18 Å². The molecule has 4 aromatic heterocycles. The Morgan fingerprint density at radius 1 is 1.16 bits per heavy atom. The van der Waals surface area contributed by atoms with Crippen LogP contribution in [-0.4, -0.2) is 20.3 Å². The third kappa shape index (κ3) is 4.15. The number of fused-ring (bicyclic) bond motifs is 1. The Kier molecular flexibility index (Phi) is 5.24. The normalized spacial score (nSPS) is 11.6. The van der Waals surface area contributed by atoms with Gasteiger partial charge in [-0.05, 0) is 24.3 Å². The second kappa shape index (κ2) is 7.88. The van der Waals surface area contributed by atoms with Crippen LogP contribution >= 0.6 is 11.6 Å². The van der Waals surface area contributed by atoms with Crippen LogP contribution in [0.2, 0.25) is 5.15 Å². The topological polar surface area (TPSA) is 86.2 Å². The van der Waals surface area contributed by atoms with Gasteiger partial charge in [-0.3, -0.25) is 4.79 Å². The zero-order valence-electron chi connectivity index (χ0n) is 15.6. The van der Waals surface area contributed by atoms with Crippen LogP contribution in [0.15, 0.2) is 60.9 Å². The van der Waals surface area contributed by atoms with Crippen LogP contribution in [0.5, 0.6) is 5.88 Å². The summed E-state index contributed by atoms with van der Waals surface area (Å²) in [5, 5.41) is 15.6. The number of carbonyl (C=O) groups is 1. The van der Waals surface area contributed by atoms with E-state index in [4.69, 9.17) is 11.6 Å². The van der Waals surface area contributed by atoms with Crippen LogP contribution in [0, 0.1) is 0 Å². The number of halogens is 4. The average Bonchev–Trinajstić information content (AvgIpc) is 3.01. The van der Waals surface area contributed by atoms with E-state index in [1.165, 1.54) is 27.4 Å². The average molecular weight is 448 g/mol. The van der Waals surface area contributed by atoms with Gasteiger partial charge in [0.1, 0.15) is 29.1 Å². The Morgan fingerprint density at radius 3 is 2.68 bits per heavy atom. The molecule has 0 aromatic carbocycles. The molecule has 0 unspecified atom stereocenters. The molecular formula is C20H13ClF3N5O2. The van der Waals surface area contributed by atoms with E-state index >= 15 is 0 Å². The predicted molar refractivity (Wildman–Crippen MR) is 103 cm³/mol. The zero-order valence-corrected chi connectivity index (χ0v) is 16.4. The van der Waals surface area contributed by atoms with E-state index in [1.54, 1.807) is 30.3 Å². The first-order valence-electron chi connectivity index (χ1n) is 8.90. The van der Waals surface area contributed by atoms with Gasteiger partial charge in [0.25, 0.3) is 11.6 Å². The monoisotopic (exact) mass is 447 g/mol. The molecule has 0 saturated heterocycles. The third-order valence-corrected chi connectivity index (χ3v) is 4.65. The predicted octanol–water partition coefficient (Wildman–Crippen LogP) is 3.06. The molecule has 0 spiro atoms. The number of imidazole rings is 1. The number of anilines is 1. The van der Waals surface area contributed by atoms with Crippen LogP contribution in [-0.2, 0) is 12.7 Å². The Balaban J connectivity index is 1.72. The molecule has 0 aliphatic carbocycles. The molecule has 31 heavy (non-hydrogen) atoms. The Bertz CT molecular complexity index is 1270. The molecule has 1 N–H and O–H groups in total. The Labute approximate surface area is 178 Å². The lowest BCUT2D eigenvalue weighted by molar-refractivity contribution is -0.704. The highest BCUT2D eigenvalue weighted by atomic mass is 35.5. The number of pyridine rings is 3. The minimum atomic E-state index is -4.66. The summed E-state index contributed by atoms with van der Waals surface area (Å²) in [6.45, 7) is 0.117. The maximum Gasteiger partial charge on any atom is 0.433 e. The van der Waals surface area contributed by atoms with Crippen molar-refractivity contribution in [1.82, 2.24) is 14.4 Å². The van der Waals surface area contributed by atoms with E-state index in [1.807, 2.05) is 0 Å². The van der Waals surface area contributed by atoms with Gasteiger partial charge in [-0.15, -0.1) is 0 Å². The van der Waals surface area contributed by atoms with Crippen LogP contribution < -0.4 is 15.0 Å². The number of nitrogens with zero attached hydrogens (tertiary/aromatic N) is 4. The molecule has 0 saturated carbocycles. The van der Waals surface area contributed by atoms with Gasteiger partial charge in [0.05, 0.1) is 6.20 Å². The molecule has 0 fully saturated rings. The van der Waals surface area contributed by atoms with Crippen LogP contribution in [0.1, 0.15) is 21.7 Å². The number of alkyl halides is 3. The van der Waals surface area contributed by atoms with Gasteiger partial charge in [0.2, 0.25) is 5.69 Å². The van der Waals surface area contributed by atoms with Crippen molar-refractivity contribution in [2.75, 3.05) is 5.32 Å². The van der Waals surface area contributed by atoms with Gasteiger partial charge in [0.15, 0.2) is 0 Å². The lowest BCUT2D eigenvalue weighted by atomic mass is 10.3. The second-order valence-corrected chi connectivity index (χ2v) is 6.91. The minimum absolute atomic E-state index is 0.117. The summed E-state index contributed by atoms with van der Waals surface area (Å²) in [5.41, 5.74) is -0.325. The molecule has 11 heteroatoms. The molecule has 158 valence electrons. The molecule has 4 aromatic rings. The number of hydrogen-bond acceptors (Lipinski definition) is 4. The molecule has 0 radical (unpaired) electrons. The lowest BCUT2D eigenvalue weighted by Crippen LogP contribution is -2.37. The van der Waals surface area contributed by atoms with Crippen molar-refractivity contribution < 1.29 is 27.6 Å². The minimum Gasteiger partial charge on any atom is -0.839 e. The summed E-state index contributed by atoms with van der Waals surface area (Å²) in [5.74, 6) is -1.82. The highest BCUT2D eigenvalue weighted by Gasteiger charge is 2.33. The van der Waals surface area contributed by atoms with Crippen molar-refractivity contribution in [2.24, 2.45) is 0 Å². The fourth-order valence-corrected chi connectivity index (χ4v) is 3.17. The maximum atomic E-state index is 13.1. The second-order valence-electron chi connectivity index (χ2n) is 6.52. The maximum absolute atomic E-state index is 13.1. The molecule has 1 amide bonds.